The lowest BCUT2D eigenvalue weighted by Gasteiger charge is -2.11. The molecule has 1 heterocycles. The lowest BCUT2D eigenvalue weighted by atomic mass is 10.0. The summed E-state index contributed by atoms with van der Waals surface area (Å²) < 4.78 is 31.1. The number of carbonyl (C=O) groups is 1. The molecule has 0 fully saturated rings. The molecule has 0 atom stereocenters. The molecule has 7 heteroatoms. The zero-order valence-corrected chi connectivity index (χ0v) is 17.8. The molecule has 0 aliphatic carbocycles. The van der Waals surface area contributed by atoms with Gasteiger partial charge in [-0.05, 0) is 41.0 Å². The van der Waals surface area contributed by atoms with Crippen LogP contribution in [0.2, 0.25) is 0 Å². The SMILES string of the molecule is CN(C)S(=O)(=O)c1cccc(C2=NC(=Cc3ccc(-c4ccccc4)cc3)C(=O)O2)c1. The van der Waals surface area contributed by atoms with E-state index < -0.39 is 16.0 Å². The zero-order chi connectivity index (χ0) is 22.0. The number of cyclic esters (lactones) is 1. The molecular formula is C24H20N2O4S. The van der Waals surface area contributed by atoms with Gasteiger partial charge >= 0.3 is 5.97 Å². The number of aliphatic imine (C=N–C) groups is 1. The van der Waals surface area contributed by atoms with E-state index in [2.05, 4.69) is 4.99 Å². The van der Waals surface area contributed by atoms with Gasteiger partial charge in [-0.1, -0.05) is 60.7 Å². The number of hydrogen-bond donors (Lipinski definition) is 0. The predicted molar refractivity (Wildman–Crippen MR) is 120 cm³/mol. The van der Waals surface area contributed by atoms with Crippen LogP contribution in [0.5, 0.6) is 0 Å². The van der Waals surface area contributed by atoms with Crippen molar-refractivity contribution in [1.82, 2.24) is 4.31 Å². The minimum Gasteiger partial charge on any atom is -0.402 e. The highest BCUT2D eigenvalue weighted by Gasteiger charge is 2.26. The van der Waals surface area contributed by atoms with Gasteiger partial charge in [0.15, 0.2) is 5.70 Å². The van der Waals surface area contributed by atoms with Gasteiger partial charge < -0.3 is 4.74 Å². The van der Waals surface area contributed by atoms with Crippen LogP contribution in [-0.4, -0.2) is 38.7 Å². The van der Waals surface area contributed by atoms with Crippen molar-refractivity contribution < 1.29 is 17.9 Å². The highest BCUT2D eigenvalue weighted by Crippen LogP contribution is 2.24. The number of hydrogen-bond acceptors (Lipinski definition) is 5. The van der Waals surface area contributed by atoms with Gasteiger partial charge in [0, 0.05) is 19.7 Å². The van der Waals surface area contributed by atoms with Crippen LogP contribution in [0.15, 0.2) is 94.4 Å². The molecule has 0 saturated heterocycles. The molecule has 0 bridgehead atoms. The van der Waals surface area contributed by atoms with Gasteiger partial charge in [0.1, 0.15) is 0 Å². The van der Waals surface area contributed by atoms with Gasteiger partial charge in [-0.3, -0.25) is 0 Å². The van der Waals surface area contributed by atoms with E-state index in [1.807, 2.05) is 54.6 Å². The van der Waals surface area contributed by atoms with Crippen LogP contribution in [0.3, 0.4) is 0 Å². The van der Waals surface area contributed by atoms with E-state index in [4.69, 9.17) is 4.74 Å². The molecule has 6 nitrogen and oxygen atoms in total. The smallest absolute Gasteiger partial charge is 0.363 e. The largest absolute Gasteiger partial charge is 0.402 e. The first-order valence-electron chi connectivity index (χ1n) is 9.55. The van der Waals surface area contributed by atoms with Crippen molar-refractivity contribution in [1.29, 1.82) is 0 Å². The summed E-state index contributed by atoms with van der Waals surface area (Å²) in [7, 11) is -0.694. The topological polar surface area (TPSA) is 76.0 Å². The molecule has 0 aromatic heterocycles. The Morgan fingerprint density at radius 1 is 0.839 bits per heavy atom. The quantitative estimate of drug-likeness (QED) is 0.452. The Morgan fingerprint density at radius 2 is 1.48 bits per heavy atom. The third kappa shape index (κ3) is 4.33. The minimum atomic E-state index is -3.61. The molecule has 0 amide bonds. The summed E-state index contributed by atoms with van der Waals surface area (Å²) in [6.45, 7) is 0. The monoisotopic (exact) mass is 432 g/mol. The number of esters is 1. The molecule has 1 aliphatic rings. The Hall–Kier alpha value is -3.55. The molecule has 4 rings (SSSR count). The summed E-state index contributed by atoms with van der Waals surface area (Å²) in [5.74, 6) is -0.504. The van der Waals surface area contributed by atoms with E-state index in [0.717, 1.165) is 21.0 Å². The van der Waals surface area contributed by atoms with Gasteiger partial charge in [0.25, 0.3) is 0 Å². The molecule has 3 aromatic rings. The van der Waals surface area contributed by atoms with Crippen LogP contribution >= 0.6 is 0 Å². The van der Waals surface area contributed by atoms with E-state index in [1.165, 1.54) is 26.2 Å². The van der Waals surface area contributed by atoms with Crippen LogP contribution in [-0.2, 0) is 19.6 Å². The fraction of sp³-hybridized carbons (Fsp3) is 0.0833. The van der Waals surface area contributed by atoms with Gasteiger partial charge in [0.2, 0.25) is 15.9 Å². The van der Waals surface area contributed by atoms with Crippen molar-refractivity contribution in [3.05, 3.63) is 95.7 Å². The highest BCUT2D eigenvalue weighted by molar-refractivity contribution is 7.89. The summed E-state index contributed by atoms with van der Waals surface area (Å²) in [6, 6.07) is 23.9. The van der Waals surface area contributed by atoms with Crippen molar-refractivity contribution in [3.63, 3.8) is 0 Å². The first-order valence-corrected chi connectivity index (χ1v) is 11.0. The molecule has 3 aromatic carbocycles. The van der Waals surface area contributed by atoms with E-state index in [0.29, 0.717) is 5.56 Å². The number of ether oxygens (including phenoxy) is 1. The fourth-order valence-corrected chi connectivity index (χ4v) is 4.04. The second kappa shape index (κ2) is 8.29. The van der Waals surface area contributed by atoms with E-state index in [-0.39, 0.29) is 16.5 Å². The summed E-state index contributed by atoms with van der Waals surface area (Å²) in [4.78, 5) is 16.7. The van der Waals surface area contributed by atoms with E-state index in [1.54, 1.807) is 18.2 Å². The Bertz CT molecular complexity index is 1290. The predicted octanol–water partition coefficient (Wildman–Crippen LogP) is 3.95. The van der Waals surface area contributed by atoms with Crippen LogP contribution in [0, 0.1) is 0 Å². The third-order valence-corrected chi connectivity index (χ3v) is 6.61. The van der Waals surface area contributed by atoms with E-state index in [9.17, 15) is 13.2 Å². The summed E-state index contributed by atoms with van der Waals surface area (Å²) in [5, 5.41) is 0. The van der Waals surface area contributed by atoms with Crippen molar-refractivity contribution in [2.24, 2.45) is 4.99 Å². The maximum absolute atomic E-state index is 12.4. The average Bonchev–Trinajstić information content (AvgIpc) is 3.15. The minimum absolute atomic E-state index is 0.0768. The van der Waals surface area contributed by atoms with Crippen LogP contribution < -0.4 is 0 Å². The van der Waals surface area contributed by atoms with Gasteiger partial charge in [-0.15, -0.1) is 0 Å². The Morgan fingerprint density at radius 3 is 2.16 bits per heavy atom. The molecule has 0 spiro atoms. The first-order chi connectivity index (χ1) is 14.8. The second-order valence-electron chi connectivity index (χ2n) is 7.14. The zero-order valence-electron chi connectivity index (χ0n) is 17.0. The summed E-state index contributed by atoms with van der Waals surface area (Å²) in [5.41, 5.74) is 3.55. The van der Waals surface area contributed by atoms with Crippen molar-refractivity contribution >= 4 is 28.0 Å². The second-order valence-corrected chi connectivity index (χ2v) is 9.29. The highest BCUT2D eigenvalue weighted by atomic mass is 32.2. The Kier molecular flexibility index (Phi) is 5.54. The summed E-state index contributed by atoms with van der Waals surface area (Å²) >= 11 is 0. The van der Waals surface area contributed by atoms with E-state index >= 15 is 0 Å². The normalized spacial score (nSPS) is 15.3. The van der Waals surface area contributed by atoms with Crippen molar-refractivity contribution in [3.8, 4) is 11.1 Å². The number of sulfonamides is 1. The third-order valence-electron chi connectivity index (χ3n) is 4.80. The van der Waals surface area contributed by atoms with Gasteiger partial charge in [0.05, 0.1) is 4.90 Å². The van der Waals surface area contributed by atoms with Crippen LogP contribution in [0.1, 0.15) is 11.1 Å². The average molecular weight is 433 g/mol. The van der Waals surface area contributed by atoms with Gasteiger partial charge in [-0.25, -0.2) is 22.5 Å². The molecule has 0 saturated carbocycles. The van der Waals surface area contributed by atoms with Gasteiger partial charge in [-0.2, -0.15) is 0 Å². The molecule has 0 radical (unpaired) electrons. The van der Waals surface area contributed by atoms with Crippen LogP contribution in [0.4, 0.5) is 0 Å². The maximum atomic E-state index is 12.4. The molecule has 0 N–H and O–H groups in total. The fourth-order valence-electron chi connectivity index (χ4n) is 3.09. The number of carbonyl (C=O) groups excluding carboxylic acids is 1. The van der Waals surface area contributed by atoms with Crippen molar-refractivity contribution in [2.45, 2.75) is 4.90 Å². The standard InChI is InChI=1S/C24H20N2O4S/c1-26(2)31(28,29)21-10-6-9-20(16-21)23-25-22(24(27)30-23)15-17-11-13-19(14-12-17)18-7-4-3-5-8-18/h3-16H,1-2H3. The number of rotatable bonds is 5. The molecule has 1 aliphatic heterocycles. The lowest BCUT2D eigenvalue weighted by molar-refractivity contribution is -0.129. The van der Waals surface area contributed by atoms with Crippen molar-refractivity contribution in [2.75, 3.05) is 14.1 Å². The molecular weight excluding hydrogens is 412 g/mol. The molecule has 31 heavy (non-hydrogen) atoms. The Balaban J connectivity index is 1.61. The maximum Gasteiger partial charge on any atom is 0.363 e. The first kappa shape index (κ1) is 20.7. The number of nitrogens with zero attached hydrogens (tertiary/aromatic N) is 2. The molecule has 0 unspecified atom stereocenters. The summed E-state index contributed by atoms with van der Waals surface area (Å²) in [6.07, 6.45) is 1.64. The Labute approximate surface area is 181 Å². The van der Waals surface area contributed by atoms with Crippen LogP contribution in [0.25, 0.3) is 17.2 Å². The lowest BCUT2D eigenvalue weighted by Crippen LogP contribution is -2.22. The number of benzene rings is 3. The molecule has 156 valence electrons.